The van der Waals surface area contributed by atoms with Crippen molar-refractivity contribution in [3.05, 3.63) is 169 Å². The molecule has 92 heavy (non-hydrogen) atoms. The molecule has 0 saturated carbocycles. The maximum Gasteiger partial charge on any atom is 0.413 e. The number of aryl methyl sites for hydroxylation is 1. The summed E-state index contributed by atoms with van der Waals surface area (Å²) in [5.41, 5.74) is 12.4. The first-order chi connectivity index (χ1) is 45.0. The van der Waals surface area contributed by atoms with Gasteiger partial charge >= 0.3 is 18.2 Å². The number of amides is 4. The number of hydrogen-bond acceptors (Lipinski definition) is 19. The largest absolute Gasteiger partial charge is 0.476 e. The lowest BCUT2D eigenvalue weighted by Gasteiger charge is -2.26. The molecule has 0 atom stereocenters. The smallest absolute Gasteiger partial charge is 0.413 e. The molecule has 1 saturated heterocycles. The normalized spacial score (nSPS) is 12.0. The molecule has 0 unspecified atom stereocenters. The fraction of sp³-hybridized carbons (Fsp3) is 0.200. The molecule has 12 aromatic rings. The number of benzene rings is 3. The van der Waals surface area contributed by atoms with Gasteiger partial charge in [-0.15, -0.1) is 0 Å². The number of pyridine rings is 4. The van der Waals surface area contributed by atoms with Gasteiger partial charge in [-0.25, -0.2) is 54.3 Å². The van der Waals surface area contributed by atoms with E-state index in [-0.39, 0.29) is 24.8 Å². The Morgan fingerprint density at radius 2 is 1.11 bits per heavy atom. The first-order valence-electron chi connectivity index (χ1n) is 29.5. The van der Waals surface area contributed by atoms with Crippen molar-refractivity contribution in [2.24, 2.45) is 7.05 Å². The van der Waals surface area contributed by atoms with E-state index in [0.29, 0.717) is 76.2 Å². The highest BCUT2D eigenvalue weighted by Gasteiger charge is 2.20. The maximum absolute atomic E-state index is 12.1. The molecular formula is C65H63N19O8. The highest BCUT2D eigenvalue weighted by molar-refractivity contribution is 6.00. The zero-order chi connectivity index (χ0) is 63.8. The van der Waals surface area contributed by atoms with Crippen molar-refractivity contribution in [2.75, 3.05) is 75.2 Å². The number of morpholine rings is 1. The van der Waals surface area contributed by atoms with Gasteiger partial charge in [0.1, 0.15) is 17.6 Å². The summed E-state index contributed by atoms with van der Waals surface area (Å²) >= 11 is 0. The molecule has 1 fully saturated rings. The van der Waals surface area contributed by atoms with Crippen LogP contribution in [0.3, 0.4) is 0 Å². The quantitative estimate of drug-likeness (QED) is 0.0473. The molecule has 0 spiro atoms. The molecule has 27 heteroatoms. The molecule has 1 aliphatic rings. The van der Waals surface area contributed by atoms with Crippen LogP contribution in [0, 0.1) is 0 Å². The number of urea groups is 1. The van der Waals surface area contributed by atoms with E-state index >= 15 is 0 Å². The second kappa shape index (κ2) is 29.4. The standard InChI is InChI=1S/C26H28N6O4.C20H19N7O2.C19H16N6O2/c1-2-35-26(33)31-25-29-22-16-19(15-20(24(22)30-25)21-5-3-4-8-27-21)18-6-7-23(28-17-18)36-14-11-32-9-12-34-13-10-32;1-3-21-20(29)26-19-24-15-10-13(12-5-8-27(2)16(28)11-12)9-14(17(15)25-19)18-22-6-4-7-23-18;1-2-27-19(26)25-18-23-15-10-13(12-5-3-6-20-11-12)9-14(16(15)24-18)17-21-7-4-8-22-17/h3-8,15-17H,2,9-14H2,1H3,(H2,29,30,31,33);4-11H,3H2,1-2H3,(H3,21,24,25,26,29);3-11H,2H2,1H3,(H2,23,24,25,26). The summed E-state index contributed by atoms with van der Waals surface area (Å²) in [5, 5.41) is 10.6. The minimum atomic E-state index is -0.568. The molecule has 27 nitrogen and oxygen atoms in total. The summed E-state index contributed by atoms with van der Waals surface area (Å²) in [5.74, 6) is 2.54. The number of hydrogen-bond donors (Lipinski definition) is 7. The van der Waals surface area contributed by atoms with Crippen molar-refractivity contribution in [3.63, 3.8) is 0 Å². The Kier molecular flexibility index (Phi) is 19.8. The minimum absolute atomic E-state index is 0.108. The minimum Gasteiger partial charge on any atom is -0.476 e. The Hall–Kier alpha value is -11.8. The predicted molar refractivity (Wildman–Crippen MR) is 347 cm³/mol. The second-order valence-electron chi connectivity index (χ2n) is 20.3. The summed E-state index contributed by atoms with van der Waals surface area (Å²) < 4.78 is 22.6. The Morgan fingerprint density at radius 1 is 0.554 bits per heavy atom. The number of aromatic amines is 3. The average Bonchev–Trinajstić information content (AvgIpc) is 1.63. The first kappa shape index (κ1) is 61.8. The van der Waals surface area contributed by atoms with E-state index in [9.17, 15) is 19.2 Å². The number of imidazole rings is 3. The van der Waals surface area contributed by atoms with Crippen molar-refractivity contribution in [3.8, 4) is 73.3 Å². The third-order valence-electron chi connectivity index (χ3n) is 14.1. The lowest BCUT2D eigenvalue weighted by atomic mass is 10.0. The molecule has 0 aliphatic carbocycles. The number of ether oxygens (including phenoxy) is 4. The van der Waals surface area contributed by atoms with Gasteiger partial charge in [0.05, 0.1) is 54.2 Å². The third-order valence-corrected chi connectivity index (χ3v) is 14.1. The number of anilines is 3. The summed E-state index contributed by atoms with van der Waals surface area (Å²) in [4.78, 5) is 103. The van der Waals surface area contributed by atoms with Crippen LogP contribution in [0.1, 0.15) is 20.8 Å². The van der Waals surface area contributed by atoms with Crippen molar-refractivity contribution in [1.82, 2.24) is 79.6 Å². The van der Waals surface area contributed by atoms with Gasteiger partial charge in [0, 0.05) is 129 Å². The zero-order valence-electron chi connectivity index (χ0n) is 50.5. The number of aromatic nitrogens is 14. The average molecular weight is 1240 g/mol. The van der Waals surface area contributed by atoms with Gasteiger partial charge in [-0.05, 0) is 122 Å². The van der Waals surface area contributed by atoms with E-state index < -0.39 is 12.2 Å². The summed E-state index contributed by atoms with van der Waals surface area (Å²) in [6.45, 7) is 11.2. The summed E-state index contributed by atoms with van der Waals surface area (Å²) in [7, 11) is 1.70. The van der Waals surface area contributed by atoms with Gasteiger partial charge in [0.15, 0.2) is 11.6 Å². The zero-order valence-corrected chi connectivity index (χ0v) is 50.5. The molecule has 0 radical (unpaired) electrons. The number of nitrogens with one attached hydrogen (secondary N) is 7. The molecule has 3 aromatic carbocycles. The Bertz CT molecular complexity index is 4540. The topological polar surface area (TPSA) is 338 Å². The van der Waals surface area contributed by atoms with E-state index in [1.54, 1.807) is 94.9 Å². The SMILES string of the molecule is CCNC(=O)Nc1nc2c(-c3ncccn3)cc(-c3ccn(C)c(=O)c3)cc2[nH]1.CCOC(=O)Nc1nc2c(-c3ccccn3)cc(-c3ccc(OCCN4CCOCC4)nc3)cc2[nH]1.CCOC(=O)Nc1nc2c(-c3ncccn3)cc(-c3cccnc3)cc2[nH]1. The molecule has 13 rings (SSSR count). The third kappa shape index (κ3) is 15.3. The molecule has 10 heterocycles. The van der Waals surface area contributed by atoms with Crippen molar-refractivity contribution in [1.29, 1.82) is 0 Å². The van der Waals surface area contributed by atoms with E-state index in [1.165, 1.54) is 4.57 Å². The number of carbonyl (C=O) groups excluding carboxylic acids is 3. The van der Waals surface area contributed by atoms with Crippen LogP contribution < -0.4 is 31.6 Å². The van der Waals surface area contributed by atoms with Crippen LogP contribution in [-0.2, 0) is 21.3 Å². The van der Waals surface area contributed by atoms with Crippen molar-refractivity contribution >= 4 is 69.2 Å². The number of H-pyrrole nitrogens is 3. The van der Waals surface area contributed by atoms with Gasteiger partial charge < -0.3 is 43.8 Å². The summed E-state index contributed by atoms with van der Waals surface area (Å²) in [6, 6.07) is 31.7. The van der Waals surface area contributed by atoms with Gasteiger partial charge in [0.2, 0.25) is 23.7 Å². The van der Waals surface area contributed by atoms with Crippen LogP contribution in [0.15, 0.2) is 164 Å². The number of fused-ring (bicyclic) bond motifs is 3. The fourth-order valence-corrected chi connectivity index (χ4v) is 9.81. The molecular weight excluding hydrogens is 1170 g/mol. The summed E-state index contributed by atoms with van der Waals surface area (Å²) in [6.07, 6.45) is 14.3. The van der Waals surface area contributed by atoms with E-state index in [1.807, 2.05) is 91.9 Å². The van der Waals surface area contributed by atoms with Crippen LogP contribution in [0.5, 0.6) is 5.88 Å². The number of rotatable bonds is 16. The Balaban J connectivity index is 0.000000143. The van der Waals surface area contributed by atoms with E-state index in [4.69, 9.17) is 18.9 Å². The highest BCUT2D eigenvalue weighted by Crippen LogP contribution is 2.36. The van der Waals surface area contributed by atoms with E-state index in [0.717, 1.165) is 94.1 Å². The van der Waals surface area contributed by atoms with Crippen molar-refractivity contribution < 1.29 is 33.3 Å². The molecule has 0 bridgehead atoms. The number of nitrogens with zero attached hydrogens (tertiary/aromatic N) is 12. The molecule has 4 amide bonds. The van der Waals surface area contributed by atoms with E-state index in [2.05, 4.69) is 91.0 Å². The van der Waals surface area contributed by atoms with Crippen LogP contribution >= 0.6 is 0 Å². The second-order valence-corrected chi connectivity index (χ2v) is 20.3. The van der Waals surface area contributed by atoms with Gasteiger partial charge in [-0.1, -0.05) is 12.1 Å². The Labute approximate surface area is 525 Å². The lowest BCUT2D eigenvalue weighted by molar-refractivity contribution is 0.0320. The monoisotopic (exact) mass is 1240 g/mol. The van der Waals surface area contributed by atoms with Crippen LogP contribution in [0.4, 0.5) is 32.2 Å². The molecule has 7 N–H and O–H groups in total. The van der Waals surface area contributed by atoms with Gasteiger partial charge in [-0.2, -0.15) is 0 Å². The predicted octanol–water partition coefficient (Wildman–Crippen LogP) is 10.1. The van der Waals surface area contributed by atoms with Gasteiger partial charge in [-0.3, -0.25) is 35.6 Å². The van der Waals surface area contributed by atoms with Crippen LogP contribution in [0.2, 0.25) is 0 Å². The Morgan fingerprint density at radius 3 is 1.63 bits per heavy atom. The number of carbonyl (C=O) groups is 3. The molecule has 1 aliphatic heterocycles. The van der Waals surface area contributed by atoms with Crippen molar-refractivity contribution in [2.45, 2.75) is 20.8 Å². The molecule has 466 valence electrons. The maximum atomic E-state index is 12.1. The van der Waals surface area contributed by atoms with Crippen LogP contribution in [0.25, 0.3) is 101 Å². The molecule has 9 aromatic heterocycles. The lowest BCUT2D eigenvalue weighted by Crippen LogP contribution is -2.38. The van der Waals surface area contributed by atoms with Gasteiger partial charge in [0.25, 0.3) is 5.56 Å². The highest BCUT2D eigenvalue weighted by atomic mass is 16.6. The fourth-order valence-electron chi connectivity index (χ4n) is 9.81. The van der Waals surface area contributed by atoms with Crippen LogP contribution in [-0.4, -0.2) is 152 Å². The first-order valence-corrected chi connectivity index (χ1v) is 29.5.